The Morgan fingerprint density at radius 1 is 0.970 bits per heavy atom. The summed E-state index contributed by atoms with van der Waals surface area (Å²) in [6, 6.07) is 19.0. The van der Waals surface area contributed by atoms with Gasteiger partial charge in [0.1, 0.15) is 0 Å². The van der Waals surface area contributed by atoms with E-state index in [1.54, 1.807) is 13.8 Å². The summed E-state index contributed by atoms with van der Waals surface area (Å²) in [5.74, 6) is -0.869. The van der Waals surface area contributed by atoms with Crippen LogP contribution in [0.4, 0.5) is 0 Å². The first-order valence-corrected chi connectivity index (χ1v) is 12.9. The highest BCUT2D eigenvalue weighted by Crippen LogP contribution is 2.25. The number of benzene rings is 2. The lowest BCUT2D eigenvalue weighted by Crippen LogP contribution is -2.39. The molecule has 9 heteroatoms. The highest BCUT2D eigenvalue weighted by molar-refractivity contribution is 7.89. The monoisotopic (exact) mass is 485 g/mol. The molecule has 3 aromatic rings. The van der Waals surface area contributed by atoms with E-state index in [0.29, 0.717) is 13.1 Å². The van der Waals surface area contributed by atoms with Gasteiger partial charge in [-0.25, -0.2) is 8.42 Å². The molecule has 1 heterocycles. The second-order valence-electron chi connectivity index (χ2n) is 7.23. The Kier molecular flexibility index (Phi) is 8.37. The third-order valence-electron chi connectivity index (χ3n) is 5.11. The smallest absolute Gasteiger partial charge is 0.251 e. The number of amides is 2. The van der Waals surface area contributed by atoms with Crippen molar-refractivity contribution in [1.82, 2.24) is 14.9 Å². The van der Waals surface area contributed by atoms with Crippen LogP contribution < -0.4 is 10.6 Å². The molecule has 174 valence electrons. The van der Waals surface area contributed by atoms with Crippen molar-refractivity contribution in [1.29, 1.82) is 0 Å². The molecule has 0 aliphatic rings. The molecule has 0 saturated carbocycles. The van der Waals surface area contributed by atoms with Crippen LogP contribution in [0.25, 0.3) is 0 Å². The lowest BCUT2D eigenvalue weighted by Gasteiger charge is -2.19. The van der Waals surface area contributed by atoms with Gasteiger partial charge in [0.15, 0.2) is 0 Å². The van der Waals surface area contributed by atoms with E-state index in [1.165, 1.54) is 39.9 Å². The predicted molar refractivity (Wildman–Crippen MR) is 130 cm³/mol. The largest absolute Gasteiger partial charge is 0.343 e. The topological polar surface area (TPSA) is 95.6 Å². The molecule has 0 bridgehead atoms. The van der Waals surface area contributed by atoms with Crippen LogP contribution in [0.5, 0.6) is 0 Å². The summed E-state index contributed by atoms with van der Waals surface area (Å²) in [6.07, 6.45) is 0. The number of nitrogens with one attached hydrogen (secondary N) is 2. The standard InChI is InChI=1S/C24H27N3O4S2/c1-3-27(4-2)33(30,31)20-13-8-12-19(16-20)24(29)25-17-22(28)26-23(21-14-9-15-32-21)18-10-6-5-7-11-18/h5-16,23H,3-4,17H2,1-2H3,(H,25,29)(H,26,28). The second-order valence-corrected chi connectivity index (χ2v) is 10.1. The molecule has 0 fully saturated rings. The Morgan fingerprint density at radius 2 is 1.70 bits per heavy atom. The van der Waals surface area contributed by atoms with E-state index in [2.05, 4.69) is 10.6 Å². The molecule has 2 amide bonds. The van der Waals surface area contributed by atoms with E-state index < -0.39 is 15.9 Å². The van der Waals surface area contributed by atoms with Crippen LogP contribution in [0.15, 0.2) is 77.0 Å². The van der Waals surface area contributed by atoms with E-state index in [9.17, 15) is 18.0 Å². The highest BCUT2D eigenvalue weighted by atomic mass is 32.2. The van der Waals surface area contributed by atoms with Gasteiger partial charge in [-0.15, -0.1) is 11.3 Å². The molecule has 33 heavy (non-hydrogen) atoms. The summed E-state index contributed by atoms with van der Waals surface area (Å²) in [5.41, 5.74) is 1.11. The fraction of sp³-hybridized carbons (Fsp3) is 0.250. The number of rotatable bonds is 10. The number of hydrogen-bond acceptors (Lipinski definition) is 5. The zero-order valence-electron chi connectivity index (χ0n) is 18.5. The van der Waals surface area contributed by atoms with E-state index in [4.69, 9.17) is 0 Å². The molecule has 0 spiro atoms. The maximum absolute atomic E-state index is 12.7. The normalized spacial score (nSPS) is 12.3. The fourth-order valence-electron chi connectivity index (χ4n) is 3.40. The minimum Gasteiger partial charge on any atom is -0.343 e. The summed E-state index contributed by atoms with van der Waals surface area (Å²) in [7, 11) is -3.68. The molecule has 2 N–H and O–H groups in total. The van der Waals surface area contributed by atoms with Gasteiger partial charge in [-0.1, -0.05) is 56.3 Å². The summed E-state index contributed by atoms with van der Waals surface area (Å²) in [6.45, 7) is 3.95. The number of carbonyl (C=O) groups excluding carboxylic acids is 2. The van der Waals surface area contributed by atoms with Crippen molar-refractivity contribution in [2.45, 2.75) is 24.8 Å². The molecule has 0 saturated heterocycles. The van der Waals surface area contributed by atoms with E-state index in [0.717, 1.165) is 10.4 Å². The van der Waals surface area contributed by atoms with E-state index in [-0.39, 0.29) is 29.0 Å². The molecule has 0 aliphatic carbocycles. The summed E-state index contributed by atoms with van der Waals surface area (Å²) >= 11 is 1.54. The van der Waals surface area contributed by atoms with Gasteiger partial charge in [0.25, 0.3) is 5.91 Å². The molecule has 7 nitrogen and oxygen atoms in total. The lowest BCUT2D eigenvalue weighted by molar-refractivity contribution is -0.120. The predicted octanol–water partition coefficient (Wildman–Crippen LogP) is 3.41. The molecule has 3 rings (SSSR count). The average molecular weight is 486 g/mol. The SMILES string of the molecule is CCN(CC)S(=O)(=O)c1cccc(C(=O)NCC(=O)NC(c2ccccc2)c2cccs2)c1. The van der Waals surface area contributed by atoms with Crippen LogP contribution in [0.3, 0.4) is 0 Å². The molecular weight excluding hydrogens is 458 g/mol. The van der Waals surface area contributed by atoms with Crippen molar-refractivity contribution in [3.63, 3.8) is 0 Å². The highest BCUT2D eigenvalue weighted by Gasteiger charge is 2.23. The summed E-state index contributed by atoms with van der Waals surface area (Å²) in [5, 5.41) is 7.49. The molecule has 1 unspecified atom stereocenters. The van der Waals surface area contributed by atoms with Gasteiger partial charge >= 0.3 is 0 Å². The van der Waals surface area contributed by atoms with Gasteiger partial charge < -0.3 is 10.6 Å². The van der Waals surface area contributed by atoms with Crippen LogP contribution in [0.2, 0.25) is 0 Å². The Balaban J connectivity index is 1.67. The first-order valence-electron chi connectivity index (χ1n) is 10.6. The quantitative estimate of drug-likeness (QED) is 0.460. The lowest BCUT2D eigenvalue weighted by atomic mass is 10.1. The van der Waals surface area contributed by atoms with E-state index in [1.807, 2.05) is 47.8 Å². The molecule has 2 aromatic carbocycles. The number of nitrogens with zero attached hydrogens (tertiary/aromatic N) is 1. The van der Waals surface area contributed by atoms with Crippen LogP contribution in [0.1, 0.15) is 40.7 Å². The van der Waals surface area contributed by atoms with Crippen molar-refractivity contribution in [3.05, 3.63) is 88.1 Å². The Hall–Kier alpha value is -3.01. The fourth-order valence-corrected chi connectivity index (χ4v) is 5.71. The van der Waals surface area contributed by atoms with Gasteiger partial charge in [-0.2, -0.15) is 4.31 Å². The zero-order valence-corrected chi connectivity index (χ0v) is 20.2. The number of hydrogen-bond donors (Lipinski definition) is 2. The molecule has 0 aliphatic heterocycles. The average Bonchev–Trinajstić information content (AvgIpc) is 3.37. The van der Waals surface area contributed by atoms with Crippen molar-refractivity contribution >= 4 is 33.2 Å². The number of sulfonamides is 1. The second kappa shape index (κ2) is 11.2. The molecule has 1 atom stereocenters. The van der Waals surface area contributed by atoms with Crippen molar-refractivity contribution in [3.8, 4) is 0 Å². The maximum Gasteiger partial charge on any atom is 0.251 e. The minimum atomic E-state index is -3.68. The van der Waals surface area contributed by atoms with Gasteiger partial charge in [0, 0.05) is 23.5 Å². The number of carbonyl (C=O) groups is 2. The van der Waals surface area contributed by atoms with Crippen molar-refractivity contribution < 1.29 is 18.0 Å². The summed E-state index contributed by atoms with van der Waals surface area (Å²) in [4.78, 5) is 26.3. The van der Waals surface area contributed by atoms with Crippen LogP contribution in [0, 0.1) is 0 Å². The van der Waals surface area contributed by atoms with Crippen LogP contribution in [-0.2, 0) is 14.8 Å². The van der Waals surface area contributed by atoms with Gasteiger partial charge in [-0.3, -0.25) is 9.59 Å². The molecule has 0 radical (unpaired) electrons. The van der Waals surface area contributed by atoms with Crippen molar-refractivity contribution in [2.24, 2.45) is 0 Å². The number of thiophene rings is 1. The van der Waals surface area contributed by atoms with Crippen LogP contribution in [-0.4, -0.2) is 44.2 Å². The first kappa shape index (κ1) is 24.6. The maximum atomic E-state index is 12.7. The van der Waals surface area contributed by atoms with Gasteiger partial charge in [-0.05, 0) is 35.2 Å². The van der Waals surface area contributed by atoms with Crippen molar-refractivity contribution in [2.75, 3.05) is 19.6 Å². The van der Waals surface area contributed by atoms with Gasteiger partial charge in [0.05, 0.1) is 17.5 Å². The Bertz CT molecular complexity index is 1180. The van der Waals surface area contributed by atoms with Gasteiger partial charge in [0.2, 0.25) is 15.9 Å². The van der Waals surface area contributed by atoms with Crippen LogP contribution >= 0.6 is 11.3 Å². The third-order valence-corrected chi connectivity index (χ3v) is 8.10. The minimum absolute atomic E-state index is 0.0464. The van der Waals surface area contributed by atoms with E-state index >= 15 is 0 Å². The Labute approximate surface area is 198 Å². The first-order chi connectivity index (χ1) is 15.9. The summed E-state index contributed by atoms with van der Waals surface area (Å²) < 4.78 is 26.8. The zero-order chi connectivity index (χ0) is 23.8. The molecular formula is C24H27N3O4S2. The Morgan fingerprint density at radius 3 is 2.33 bits per heavy atom. The third kappa shape index (κ3) is 6.07. The molecule has 1 aromatic heterocycles.